The van der Waals surface area contributed by atoms with Gasteiger partial charge in [0, 0.05) is 56.0 Å². The predicted octanol–water partition coefficient (Wildman–Crippen LogP) is 3.39. The Morgan fingerprint density at radius 2 is 1.50 bits per heavy atom. The van der Waals surface area contributed by atoms with Crippen LogP contribution < -0.4 is 14.7 Å². The molecule has 2 aromatic carbocycles. The van der Waals surface area contributed by atoms with Crippen LogP contribution >= 0.6 is 0 Å². The van der Waals surface area contributed by atoms with Gasteiger partial charge >= 0.3 is 0 Å². The lowest BCUT2D eigenvalue weighted by molar-refractivity contribution is 0.0981. The molecule has 30 heavy (non-hydrogen) atoms. The molecular weight excluding hydrogens is 374 g/mol. The lowest BCUT2D eigenvalue weighted by atomic mass is 10.1. The van der Waals surface area contributed by atoms with E-state index in [0.717, 1.165) is 38.3 Å². The van der Waals surface area contributed by atoms with Crippen molar-refractivity contribution in [3.8, 4) is 0 Å². The lowest BCUT2D eigenvalue weighted by Crippen LogP contribution is -2.47. The van der Waals surface area contributed by atoms with E-state index in [1.807, 2.05) is 29.2 Å². The number of carbonyl (C=O) groups excluding carboxylic acids is 1. The SMILES string of the molecule is CC1Cc2ccccc2N1C(=O)c1cnc(N2CCN(c3ccccc3)CC2)nc1. The molecule has 5 rings (SSSR count). The molecule has 152 valence electrons. The number of para-hydroxylation sites is 2. The third-order valence-electron chi connectivity index (χ3n) is 6.00. The van der Waals surface area contributed by atoms with Crippen LogP contribution in [0.25, 0.3) is 0 Å². The van der Waals surface area contributed by atoms with E-state index in [1.54, 1.807) is 12.4 Å². The highest BCUT2D eigenvalue weighted by Gasteiger charge is 2.31. The van der Waals surface area contributed by atoms with Gasteiger partial charge in [0.1, 0.15) is 0 Å². The normalized spacial score (nSPS) is 18.4. The molecule has 1 fully saturated rings. The molecule has 1 saturated heterocycles. The number of nitrogens with zero attached hydrogens (tertiary/aromatic N) is 5. The highest BCUT2D eigenvalue weighted by Crippen LogP contribution is 2.33. The van der Waals surface area contributed by atoms with Gasteiger partial charge in [-0.15, -0.1) is 0 Å². The standard InChI is InChI=1S/C24H25N5O/c1-18-15-19-7-5-6-10-22(19)29(18)23(30)20-16-25-24(26-17-20)28-13-11-27(12-14-28)21-8-3-2-4-9-21/h2-10,16-18H,11-15H2,1H3. The molecule has 1 unspecified atom stereocenters. The van der Waals surface area contributed by atoms with Gasteiger partial charge in [-0.1, -0.05) is 36.4 Å². The second kappa shape index (κ2) is 7.78. The van der Waals surface area contributed by atoms with Crippen molar-refractivity contribution in [3.05, 3.63) is 78.1 Å². The largest absolute Gasteiger partial charge is 0.368 e. The van der Waals surface area contributed by atoms with Crippen LogP contribution in [0.3, 0.4) is 0 Å². The van der Waals surface area contributed by atoms with E-state index >= 15 is 0 Å². The molecule has 2 aliphatic heterocycles. The highest BCUT2D eigenvalue weighted by atomic mass is 16.2. The molecule has 3 aromatic rings. The Kier molecular flexibility index (Phi) is 4.83. The van der Waals surface area contributed by atoms with Gasteiger partial charge in [0.2, 0.25) is 5.95 Å². The number of amides is 1. The van der Waals surface area contributed by atoms with Crippen molar-refractivity contribution >= 4 is 23.2 Å². The minimum Gasteiger partial charge on any atom is -0.368 e. The van der Waals surface area contributed by atoms with E-state index in [1.165, 1.54) is 11.3 Å². The van der Waals surface area contributed by atoms with Gasteiger partial charge in [0.25, 0.3) is 5.91 Å². The smallest absolute Gasteiger partial charge is 0.261 e. The fourth-order valence-electron chi connectivity index (χ4n) is 4.41. The quantitative estimate of drug-likeness (QED) is 0.676. The van der Waals surface area contributed by atoms with Crippen LogP contribution in [0.4, 0.5) is 17.3 Å². The summed E-state index contributed by atoms with van der Waals surface area (Å²) >= 11 is 0. The number of hydrogen-bond acceptors (Lipinski definition) is 5. The molecule has 1 atom stereocenters. The van der Waals surface area contributed by atoms with Crippen molar-refractivity contribution in [2.75, 3.05) is 40.9 Å². The third kappa shape index (κ3) is 3.38. The molecule has 1 aromatic heterocycles. The zero-order chi connectivity index (χ0) is 20.5. The predicted molar refractivity (Wildman–Crippen MR) is 119 cm³/mol. The summed E-state index contributed by atoms with van der Waals surface area (Å²) in [5.74, 6) is 0.655. The number of anilines is 3. The van der Waals surface area contributed by atoms with Gasteiger partial charge in [0.05, 0.1) is 5.56 Å². The number of fused-ring (bicyclic) bond motifs is 1. The van der Waals surface area contributed by atoms with E-state index in [4.69, 9.17) is 0 Å². The van der Waals surface area contributed by atoms with Crippen molar-refractivity contribution in [2.45, 2.75) is 19.4 Å². The summed E-state index contributed by atoms with van der Waals surface area (Å²) in [7, 11) is 0. The van der Waals surface area contributed by atoms with Crippen LogP contribution in [-0.4, -0.2) is 48.1 Å². The van der Waals surface area contributed by atoms with E-state index in [0.29, 0.717) is 11.5 Å². The Morgan fingerprint density at radius 1 is 0.867 bits per heavy atom. The zero-order valence-corrected chi connectivity index (χ0v) is 17.1. The van der Waals surface area contributed by atoms with Gasteiger partial charge < -0.3 is 14.7 Å². The Balaban J connectivity index is 1.27. The topological polar surface area (TPSA) is 52.6 Å². The minimum absolute atomic E-state index is 0.0344. The van der Waals surface area contributed by atoms with Crippen LogP contribution in [0.5, 0.6) is 0 Å². The molecule has 6 nitrogen and oxygen atoms in total. The Hall–Kier alpha value is -3.41. The third-order valence-corrected chi connectivity index (χ3v) is 6.00. The summed E-state index contributed by atoms with van der Waals surface area (Å²) in [4.78, 5) is 28.6. The molecule has 0 aliphatic carbocycles. The first-order valence-electron chi connectivity index (χ1n) is 10.5. The maximum absolute atomic E-state index is 13.1. The monoisotopic (exact) mass is 399 g/mol. The van der Waals surface area contributed by atoms with E-state index in [2.05, 4.69) is 57.0 Å². The maximum Gasteiger partial charge on any atom is 0.261 e. The summed E-state index contributed by atoms with van der Waals surface area (Å²) in [5.41, 5.74) is 3.99. The van der Waals surface area contributed by atoms with Crippen molar-refractivity contribution in [2.24, 2.45) is 0 Å². The number of benzene rings is 2. The molecule has 0 spiro atoms. The summed E-state index contributed by atoms with van der Waals surface area (Å²) in [5, 5.41) is 0. The fourth-order valence-corrected chi connectivity index (χ4v) is 4.41. The maximum atomic E-state index is 13.1. The lowest BCUT2D eigenvalue weighted by Gasteiger charge is -2.36. The van der Waals surface area contributed by atoms with Gasteiger partial charge in [0.15, 0.2) is 0 Å². The molecule has 2 aliphatic rings. The first-order chi connectivity index (χ1) is 14.7. The van der Waals surface area contributed by atoms with Crippen molar-refractivity contribution in [3.63, 3.8) is 0 Å². The Bertz CT molecular complexity index is 1030. The summed E-state index contributed by atoms with van der Waals surface area (Å²) < 4.78 is 0. The first-order valence-corrected chi connectivity index (χ1v) is 10.5. The van der Waals surface area contributed by atoms with Crippen molar-refractivity contribution < 1.29 is 4.79 Å². The molecule has 0 saturated carbocycles. The second-order valence-electron chi connectivity index (χ2n) is 7.94. The van der Waals surface area contributed by atoms with Gasteiger partial charge in [-0.3, -0.25) is 4.79 Å². The second-order valence-corrected chi connectivity index (χ2v) is 7.94. The van der Waals surface area contributed by atoms with Gasteiger partial charge in [-0.2, -0.15) is 0 Å². The van der Waals surface area contributed by atoms with Gasteiger partial charge in [-0.25, -0.2) is 9.97 Å². The number of rotatable bonds is 3. The number of piperazine rings is 1. The molecule has 0 radical (unpaired) electrons. The fraction of sp³-hybridized carbons (Fsp3) is 0.292. The van der Waals surface area contributed by atoms with E-state index < -0.39 is 0 Å². The number of aromatic nitrogens is 2. The average molecular weight is 399 g/mol. The molecule has 0 N–H and O–H groups in total. The highest BCUT2D eigenvalue weighted by molar-refractivity contribution is 6.07. The van der Waals surface area contributed by atoms with Crippen LogP contribution in [0.15, 0.2) is 67.0 Å². The van der Waals surface area contributed by atoms with E-state index in [-0.39, 0.29) is 11.9 Å². The van der Waals surface area contributed by atoms with Crippen molar-refractivity contribution in [1.29, 1.82) is 0 Å². The molecule has 1 amide bonds. The minimum atomic E-state index is -0.0344. The zero-order valence-electron chi connectivity index (χ0n) is 17.1. The van der Waals surface area contributed by atoms with E-state index in [9.17, 15) is 4.79 Å². The molecular formula is C24H25N5O. The summed E-state index contributed by atoms with van der Waals surface area (Å²) in [6.45, 7) is 5.66. The van der Waals surface area contributed by atoms with Crippen molar-refractivity contribution in [1.82, 2.24) is 9.97 Å². The number of hydrogen-bond donors (Lipinski definition) is 0. The summed E-state index contributed by atoms with van der Waals surface area (Å²) in [6, 6.07) is 18.7. The van der Waals surface area contributed by atoms with Gasteiger partial charge in [-0.05, 0) is 37.1 Å². The number of carbonyl (C=O) groups is 1. The van der Waals surface area contributed by atoms with Crippen LogP contribution in [-0.2, 0) is 6.42 Å². The van der Waals surface area contributed by atoms with Crippen LogP contribution in [0.2, 0.25) is 0 Å². The molecule has 3 heterocycles. The van der Waals surface area contributed by atoms with Crippen LogP contribution in [0.1, 0.15) is 22.8 Å². The van der Waals surface area contributed by atoms with Crippen LogP contribution in [0, 0.1) is 0 Å². The summed E-state index contributed by atoms with van der Waals surface area (Å²) in [6.07, 6.45) is 4.22. The first kappa shape index (κ1) is 18.6. The average Bonchev–Trinajstić information content (AvgIpc) is 3.15. The Labute approximate surface area is 176 Å². The molecule has 0 bridgehead atoms. The molecule has 6 heteroatoms. The Morgan fingerprint density at radius 3 is 2.23 bits per heavy atom.